The van der Waals surface area contributed by atoms with E-state index in [0.29, 0.717) is 19.4 Å². The lowest BCUT2D eigenvalue weighted by Crippen LogP contribution is -2.23. The second-order valence-corrected chi connectivity index (χ2v) is 7.17. The SMILES string of the molecule is O=C(CCc1nc2ccccc2s1)NCc1cn2ccsc2n1. The van der Waals surface area contributed by atoms with Crippen molar-refractivity contribution in [3.05, 3.63) is 52.7 Å². The smallest absolute Gasteiger partial charge is 0.220 e. The number of imidazole rings is 1. The molecule has 0 saturated heterocycles. The zero-order valence-corrected chi connectivity index (χ0v) is 13.9. The minimum Gasteiger partial charge on any atom is -0.350 e. The molecule has 1 N–H and O–H groups in total. The first kappa shape index (κ1) is 14.3. The molecule has 7 heteroatoms. The van der Waals surface area contributed by atoms with Gasteiger partial charge in [-0.05, 0) is 12.1 Å². The summed E-state index contributed by atoms with van der Waals surface area (Å²) in [5.41, 5.74) is 1.89. The summed E-state index contributed by atoms with van der Waals surface area (Å²) in [6, 6.07) is 8.04. The van der Waals surface area contributed by atoms with Gasteiger partial charge in [-0.3, -0.25) is 9.20 Å². The van der Waals surface area contributed by atoms with E-state index in [-0.39, 0.29) is 5.91 Å². The topological polar surface area (TPSA) is 59.3 Å². The lowest BCUT2D eigenvalue weighted by molar-refractivity contribution is -0.121. The maximum Gasteiger partial charge on any atom is 0.220 e. The molecule has 4 rings (SSSR count). The van der Waals surface area contributed by atoms with Crippen molar-refractivity contribution in [2.45, 2.75) is 19.4 Å². The molecule has 0 radical (unpaired) electrons. The average Bonchev–Trinajstić information content (AvgIpc) is 3.24. The number of rotatable bonds is 5. The van der Waals surface area contributed by atoms with Gasteiger partial charge in [-0.2, -0.15) is 0 Å². The Bertz CT molecular complexity index is 907. The molecule has 5 nitrogen and oxygen atoms in total. The van der Waals surface area contributed by atoms with Gasteiger partial charge < -0.3 is 5.32 Å². The van der Waals surface area contributed by atoms with Gasteiger partial charge in [0.1, 0.15) is 0 Å². The van der Waals surface area contributed by atoms with Crippen LogP contribution in [0, 0.1) is 0 Å². The molecule has 0 aliphatic carbocycles. The van der Waals surface area contributed by atoms with Crippen molar-refractivity contribution >= 4 is 43.8 Å². The second-order valence-electron chi connectivity index (χ2n) is 5.18. The highest BCUT2D eigenvalue weighted by Crippen LogP contribution is 2.22. The highest BCUT2D eigenvalue weighted by Gasteiger charge is 2.08. The van der Waals surface area contributed by atoms with Crippen LogP contribution in [0.25, 0.3) is 15.2 Å². The second kappa shape index (κ2) is 6.10. The van der Waals surface area contributed by atoms with Crippen molar-refractivity contribution in [1.29, 1.82) is 0 Å². The molecule has 0 aliphatic rings. The Morgan fingerprint density at radius 1 is 1.26 bits per heavy atom. The van der Waals surface area contributed by atoms with Gasteiger partial charge in [0.05, 0.1) is 27.5 Å². The first-order valence-corrected chi connectivity index (χ1v) is 9.00. The number of hydrogen-bond acceptors (Lipinski definition) is 5. The number of aryl methyl sites for hydroxylation is 1. The van der Waals surface area contributed by atoms with Crippen molar-refractivity contribution in [1.82, 2.24) is 19.7 Å². The van der Waals surface area contributed by atoms with Crippen molar-refractivity contribution < 1.29 is 4.79 Å². The molecular formula is C16H14N4OS2. The molecule has 0 fully saturated rings. The van der Waals surface area contributed by atoms with Crippen LogP contribution in [0.3, 0.4) is 0 Å². The highest BCUT2D eigenvalue weighted by molar-refractivity contribution is 7.18. The van der Waals surface area contributed by atoms with Gasteiger partial charge in [0, 0.05) is 30.6 Å². The summed E-state index contributed by atoms with van der Waals surface area (Å²) in [5, 5.41) is 5.91. The number of carbonyl (C=O) groups excluding carboxylic acids is 1. The van der Waals surface area contributed by atoms with E-state index in [4.69, 9.17) is 0 Å². The summed E-state index contributed by atoms with van der Waals surface area (Å²) in [6.45, 7) is 0.465. The van der Waals surface area contributed by atoms with Crippen molar-refractivity contribution in [2.24, 2.45) is 0 Å². The van der Waals surface area contributed by atoms with Gasteiger partial charge >= 0.3 is 0 Å². The number of aromatic nitrogens is 3. The summed E-state index contributed by atoms with van der Waals surface area (Å²) < 4.78 is 3.13. The standard InChI is InChI=1S/C16H14N4OS2/c21-14(17-9-11-10-20-7-8-22-16(20)18-11)5-6-15-19-12-3-1-2-4-13(12)23-15/h1-4,7-8,10H,5-6,9H2,(H,17,21). The van der Waals surface area contributed by atoms with E-state index in [1.807, 2.05) is 40.4 Å². The summed E-state index contributed by atoms with van der Waals surface area (Å²) >= 11 is 3.24. The number of nitrogens with one attached hydrogen (secondary N) is 1. The fraction of sp³-hybridized carbons (Fsp3) is 0.188. The highest BCUT2D eigenvalue weighted by atomic mass is 32.1. The van der Waals surface area contributed by atoms with Crippen molar-refractivity contribution in [3.8, 4) is 0 Å². The molecule has 0 bridgehead atoms. The van der Waals surface area contributed by atoms with E-state index in [9.17, 15) is 4.79 Å². The molecule has 23 heavy (non-hydrogen) atoms. The van der Waals surface area contributed by atoms with Crippen LogP contribution in [0.4, 0.5) is 0 Å². The van der Waals surface area contributed by atoms with Gasteiger partial charge in [-0.15, -0.1) is 22.7 Å². The molecule has 0 unspecified atom stereocenters. The monoisotopic (exact) mass is 342 g/mol. The Labute approximate surface area is 140 Å². The Balaban J connectivity index is 1.32. The summed E-state index contributed by atoms with van der Waals surface area (Å²) in [5.74, 6) is 0.0283. The summed E-state index contributed by atoms with van der Waals surface area (Å²) in [7, 11) is 0. The number of thiazole rings is 2. The molecule has 1 aromatic carbocycles. The Hall–Kier alpha value is -2.25. The fourth-order valence-electron chi connectivity index (χ4n) is 2.39. The Morgan fingerprint density at radius 2 is 2.17 bits per heavy atom. The summed E-state index contributed by atoms with van der Waals surface area (Å²) in [6.07, 6.45) is 5.02. The number of fused-ring (bicyclic) bond motifs is 2. The third kappa shape index (κ3) is 3.11. The Kier molecular flexibility index (Phi) is 3.80. The van der Waals surface area contributed by atoms with Crippen LogP contribution in [-0.4, -0.2) is 20.3 Å². The molecule has 1 amide bonds. The largest absolute Gasteiger partial charge is 0.350 e. The van der Waals surface area contributed by atoms with Crippen LogP contribution in [0.5, 0.6) is 0 Å². The number of carbonyl (C=O) groups is 1. The van der Waals surface area contributed by atoms with Gasteiger partial charge in [-0.1, -0.05) is 12.1 Å². The zero-order chi connectivity index (χ0) is 15.6. The number of para-hydroxylation sites is 1. The number of hydrogen-bond donors (Lipinski definition) is 1. The van der Waals surface area contributed by atoms with Crippen LogP contribution in [0.2, 0.25) is 0 Å². The Morgan fingerprint density at radius 3 is 3.04 bits per heavy atom. The molecule has 3 aromatic heterocycles. The maximum absolute atomic E-state index is 12.0. The minimum atomic E-state index is 0.0283. The maximum atomic E-state index is 12.0. The van der Waals surface area contributed by atoms with Crippen molar-refractivity contribution in [3.63, 3.8) is 0 Å². The molecule has 4 aromatic rings. The van der Waals surface area contributed by atoms with Crippen LogP contribution in [-0.2, 0) is 17.8 Å². The molecule has 0 atom stereocenters. The van der Waals surface area contributed by atoms with E-state index in [1.165, 1.54) is 4.70 Å². The van der Waals surface area contributed by atoms with Crippen LogP contribution < -0.4 is 5.32 Å². The lowest BCUT2D eigenvalue weighted by Gasteiger charge is -2.01. The number of benzene rings is 1. The van der Waals surface area contributed by atoms with Gasteiger partial charge in [-0.25, -0.2) is 9.97 Å². The number of amides is 1. The predicted octanol–water partition coefficient (Wildman–Crippen LogP) is 3.25. The van der Waals surface area contributed by atoms with Crippen LogP contribution in [0.15, 0.2) is 42.0 Å². The minimum absolute atomic E-state index is 0.0283. The van der Waals surface area contributed by atoms with E-state index in [1.54, 1.807) is 22.7 Å². The molecule has 3 heterocycles. The fourth-order valence-corrected chi connectivity index (χ4v) is 4.07. The molecule has 0 aliphatic heterocycles. The van der Waals surface area contributed by atoms with Gasteiger partial charge in [0.15, 0.2) is 4.96 Å². The zero-order valence-electron chi connectivity index (χ0n) is 12.2. The van der Waals surface area contributed by atoms with E-state index < -0.39 is 0 Å². The quantitative estimate of drug-likeness (QED) is 0.606. The normalized spacial score (nSPS) is 11.3. The predicted molar refractivity (Wildman–Crippen MR) is 92.9 cm³/mol. The molecule has 116 valence electrons. The van der Waals surface area contributed by atoms with E-state index in [2.05, 4.69) is 21.4 Å². The van der Waals surface area contributed by atoms with Gasteiger partial charge in [0.2, 0.25) is 5.91 Å². The van der Waals surface area contributed by atoms with E-state index in [0.717, 1.165) is 21.2 Å². The third-order valence-corrected chi connectivity index (χ3v) is 5.38. The molecule has 0 spiro atoms. The summed E-state index contributed by atoms with van der Waals surface area (Å²) in [4.78, 5) is 21.9. The van der Waals surface area contributed by atoms with Crippen LogP contribution >= 0.6 is 22.7 Å². The van der Waals surface area contributed by atoms with Gasteiger partial charge in [0.25, 0.3) is 0 Å². The first-order valence-electron chi connectivity index (χ1n) is 7.30. The van der Waals surface area contributed by atoms with Crippen molar-refractivity contribution in [2.75, 3.05) is 0 Å². The average molecular weight is 342 g/mol. The molecule has 0 saturated carbocycles. The third-order valence-electron chi connectivity index (χ3n) is 3.51. The lowest BCUT2D eigenvalue weighted by atomic mass is 10.3. The van der Waals surface area contributed by atoms with Crippen LogP contribution in [0.1, 0.15) is 17.1 Å². The van der Waals surface area contributed by atoms with E-state index >= 15 is 0 Å². The number of nitrogens with zero attached hydrogens (tertiary/aromatic N) is 3. The first-order chi connectivity index (χ1) is 11.3. The molecular weight excluding hydrogens is 328 g/mol.